The van der Waals surface area contributed by atoms with Gasteiger partial charge >= 0.3 is 0 Å². The predicted molar refractivity (Wildman–Crippen MR) is 98.7 cm³/mol. The molecule has 3 heteroatoms. The van der Waals surface area contributed by atoms with Crippen molar-refractivity contribution in [2.45, 2.75) is 0 Å². The first-order valence-corrected chi connectivity index (χ1v) is 8.07. The van der Waals surface area contributed by atoms with Crippen molar-refractivity contribution in [2.75, 3.05) is 0 Å². The molecule has 24 heavy (non-hydrogen) atoms. The van der Waals surface area contributed by atoms with Gasteiger partial charge in [0.15, 0.2) is 5.75 Å². The van der Waals surface area contributed by atoms with Crippen molar-refractivity contribution in [1.82, 2.24) is 4.98 Å². The number of hydrogen-bond donors (Lipinski definition) is 0. The summed E-state index contributed by atoms with van der Waals surface area (Å²) in [7, 11) is 0. The molecular formula is C21H14ClNO. The number of fused-ring (bicyclic) bond motifs is 1. The standard InChI is InChI=1S/C21H14ClNO/c22-18-12-7-13-19-17(18)14-20(24-16-10-5-2-6-11-16)21(23-19)15-8-3-1-4-9-15/h1-14H. The van der Waals surface area contributed by atoms with Gasteiger partial charge in [-0.3, -0.25) is 0 Å². The van der Waals surface area contributed by atoms with Crippen molar-refractivity contribution in [3.8, 4) is 22.8 Å². The van der Waals surface area contributed by atoms with Gasteiger partial charge in [0.25, 0.3) is 0 Å². The lowest BCUT2D eigenvalue weighted by Gasteiger charge is -2.13. The SMILES string of the molecule is Clc1cccc2nc(-c3ccccc3)c(Oc3ccccc3)cc12. The van der Waals surface area contributed by atoms with E-state index in [9.17, 15) is 0 Å². The van der Waals surface area contributed by atoms with Gasteiger partial charge in [-0.25, -0.2) is 4.98 Å². The van der Waals surface area contributed by atoms with Gasteiger partial charge in [0.1, 0.15) is 11.4 Å². The zero-order valence-corrected chi connectivity index (χ0v) is 13.6. The number of aromatic nitrogens is 1. The summed E-state index contributed by atoms with van der Waals surface area (Å²) in [6, 6.07) is 27.4. The van der Waals surface area contributed by atoms with Crippen LogP contribution in [0.4, 0.5) is 0 Å². The second kappa shape index (κ2) is 6.34. The van der Waals surface area contributed by atoms with Crippen LogP contribution in [0.15, 0.2) is 84.9 Å². The molecule has 0 atom stereocenters. The molecule has 116 valence electrons. The van der Waals surface area contributed by atoms with Crippen molar-refractivity contribution >= 4 is 22.5 Å². The van der Waals surface area contributed by atoms with E-state index in [-0.39, 0.29) is 0 Å². The molecule has 1 heterocycles. The fraction of sp³-hybridized carbons (Fsp3) is 0. The Morgan fingerprint density at radius 2 is 1.46 bits per heavy atom. The van der Waals surface area contributed by atoms with Crippen LogP contribution in [0, 0.1) is 0 Å². The Morgan fingerprint density at radius 1 is 0.750 bits per heavy atom. The van der Waals surface area contributed by atoms with Gasteiger partial charge in [-0.05, 0) is 30.3 Å². The molecule has 0 bridgehead atoms. The summed E-state index contributed by atoms with van der Waals surface area (Å²) < 4.78 is 6.11. The third-order valence-electron chi connectivity index (χ3n) is 3.79. The molecule has 0 amide bonds. The number of pyridine rings is 1. The molecule has 0 N–H and O–H groups in total. The van der Waals surface area contributed by atoms with Crippen LogP contribution in [0.1, 0.15) is 0 Å². The third-order valence-corrected chi connectivity index (χ3v) is 4.12. The molecular weight excluding hydrogens is 318 g/mol. The summed E-state index contributed by atoms with van der Waals surface area (Å²) in [6.07, 6.45) is 0. The Kier molecular flexibility index (Phi) is 3.89. The average Bonchev–Trinajstić information content (AvgIpc) is 2.64. The van der Waals surface area contributed by atoms with Crippen LogP contribution in [0.25, 0.3) is 22.2 Å². The minimum atomic E-state index is 0.664. The lowest BCUT2D eigenvalue weighted by atomic mass is 10.1. The number of nitrogens with zero attached hydrogens (tertiary/aromatic N) is 1. The van der Waals surface area contributed by atoms with Crippen LogP contribution in [0.5, 0.6) is 11.5 Å². The number of para-hydroxylation sites is 1. The van der Waals surface area contributed by atoms with Crippen molar-refractivity contribution in [3.63, 3.8) is 0 Å². The molecule has 2 nitrogen and oxygen atoms in total. The smallest absolute Gasteiger partial charge is 0.154 e. The summed E-state index contributed by atoms with van der Waals surface area (Å²) in [4.78, 5) is 4.79. The van der Waals surface area contributed by atoms with E-state index in [0.717, 1.165) is 27.9 Å². The van der Waals surface area contributed by atoms with E-state index in [0.29, 0.717) is 10.8 Å². The van der Waals surface area contributed by atoms with Gasteiger partial charge in [0.2, 0.25) is 0 Å². The van der Waals surface area contributed by atoms with Crippen molar-refractivity contribution in [3.05, 3.63) is 90.0 Å². The van der Waals surface area contributed by atoms with Crippen molar-refractivity contribution in [1.29, 1.82) is 0 Å². The van der Waals surface area contributed by atoms with Gasteiger partial charge in [-0.1, -0.05) is 66.2 Å². The van der Waals surface area contributed by atoms with Gasteiger partial charge in [-0.15, -0.1) is 0 Å². The lowest BCUT2D eigenvalue weighted by molar-refractivity contribution is 0.483. The maximum atomic E-state index is 6.33. The molecule has 0 unspecified atom stereocenters. The molecule has 0 saturated heterocycles. The highest BCUT2D eigenvalue weighted by Gasteiger charge is 2.13. The second-order valence-electron chi connectivity index (χ2n) is 5.42. The van der Waals surface area contributed by atoms with Gasteiger partial charge in [0.05, 0.1) is 10.5 Å². The number of hydrogen-bond acceptors (Lipinski definition) is 2. The maximum absolute atomic E-state index is 6.33. The van der Waals surface area contributed by atoms with Crippen LogP contribution < -0.4 is 4.74 Å². The molecule has 0 aliphatic rings. The highest BCUT2D eigenvalue weighted by Crippen LogP contribution is 2.36. The maximum Gasteiger partial charge on any atom is 0.154 e. The van der Waals surface area contributed by atoms with E-state index in [1.54, 1.807) is 0 Å². The van der Waals surface area contributed by atoms with Gasteiger partial charge < -0.3 is 4.74 Å². The van der Waals surface area contributed by atoms with E-state index in [1.165, 1.54) is 0 Å². The molecule has 4 rings (SSSR count). The predicted octanol–water partition coefficient (Wildman–Crippen LogP) is 6.35. The number of rotatable bonds is 3. The van der Waals surface area contributed by atoms with Crippen LogP contribution in [0.3, 0.4) is 0 Å². The minimum Gasteiger partial charge on any atom is -0.455 e. The quantitative estimate of drug-likeness (QED) is 0.436. The fourth-order valence-corrected chi connectivity index (χ4v) is 2.86. The Bertz CT molecular complexity index is 985. The molecule has 0 radical (unpaired) electrons. The van der Waals surface area contributed by atoms with Gasteiger partial charge in [-0.2, -0.15) is 0 Å². The summed E-state index contributed by atoms with van der Waals surface area (Å²) >= 11 is 6.33. The number of halogens is 1. The van der Waals surface area contributed by atoms with Crippen LogP contribution in [-0.2, 0) is 0 Å². The van der Waals surface area contributed by atoms with E-state index >= 15 is 0 Å². The van der Waals surface area contributed by atoms with E-state index in [1.807, 2.05) is 84.9 Å². The monoisotopic (exact) mass is 331 g/mol. The van der Waals surface area contributed by atoms with Crippen LogP contribution >= 0.6 is 11.6 Å². The van der Waals surface area contributed by atoms with Crippen molar-refractivity contribution in [2.24, 2.45) is 0 Å². The lowest BCUT2D eigenvalue weighted by Crippen LogP contribution is -1.93. The van der Waals surface area contributed by atoms with E-state index in [2.05, 4.69) is 0 Å². The average molecular weight is 332 g/mol. The minimum absolute atomic E-state index is 0.664. The Hall–Kier alpha value is -2.84. The largest absolute Gasteiger partial charge is 0.455 e. The normalized spacial score (nSPS) is 10.7. The Morgan fingerprint density at radius 3 is 2.21 bits per heavy atom. The highest BCUT2D eigenvalue weighted by molar-refractivity contribution is 6.35. The summed E-state index contributed by atoms with van der Waals surface area (Å²) in [5.41, 5.74) is 2.65. The Labute approximate surface area is 145 Å². The topological polar surface area (TPSA) is 22.1 Å². The number of benzene rings is 3. The second-order valence-corrected chi connectivity index (χ2v) is 5.83. The Balaban J connectivity index is 1.93. The first kappa shape index (κ1) is 14.7. The summed E-state index contributed by atoms with van der Waals surface area (Å²) in [6.45, 7) is 0. The van der Waals surface area contributed by atoms with Crippen molar-refractivity contribution < 1.29 is 4.74 Å². The molecule has 3 aromatic carbocycles. The molecule has 0 aliphatic carbocycles. The molecule has 0 fully saturated rings. The molecule has 1 aromatic heterocycles. The van der Waals surface area contributed by atoms with E-state index in [4.69, 9.17) is 21.3 Å². The zero-order valence-electron chi connectivity index (χ0n) is 12.8. The number of ether oxygens (including phenoxy) is 1. The zero-order chi connectivity index (χ0) is 16.4. The van der Waals surface area contributed by atoms with Crippen LogP contribution in [0.2, 0.25) is 5.02 Å². The first-order valence-electron chi connectivity index (χ1n) is 7.69. The first-order chi connectivity index (χ1) is 11.8. The van der Waals surface area contributed by atoms with E-state index < -0.39 is 0 Å². The molecule has 0 saturated carbocycles. The molecule has 0 spiro atoms. The third kappa shape index (κ3) is 2.84. The fourth-order valence-electron chi connectivity index (χ4n) is 2.64. The summed E-state index contributed by atoms with van der Waals surface area (Å²) in [5, 5.41) is 1.54. The molecule has 0 aliphatic heterocycles. The summed E-state index contributed by atoms with van der Waals surface area (Å²) in [5.74, 6) is 1.45. The highest BCUT2D eigenvalue weighted by atomic mass is 35.5. The van der Waals surface area contributed by atoms with Crippen LogP contribution in [-0.4, -0.2) is 4.98 Å². The van der Waals surface area contributed by atoms with Gasteiger partial charge in [0, 0.05) is 10.9 Å². The molecule has 4 aromatic rings.